The van der Waals surface area contributed by atoms with Gasteiger partial charge in [0.15, 0.2) is 0 Å². The minimum atomic E-state index is -0.367. The van der Waals surface area contributed by atoms with Crippen LogP contribution in [0, 0.1) is 18.8 Å². The lowest BCUT2D eigenvalue weighted by Crippen LogP contribution is -2.46. The maximum absolute atomic E-state index is 13.2. The summed E-state index contributed by atoms with van der Waals surface area (Å²) in [6, 6.07) is 11.7. The quantitative estimate of drug-likeness (QED) is 0.784. The fraction of sp³-hybridized carbons (Fsp3) is 0.440. The summed E-state index contributed by atoms with van der Waals surface area (Å²) in [4.78, 5) is 46.3. The molecule has 1 aromatic heterocycles. The van der Waals surface area contributed by atoms with Gasteiger partial charge in [-0.05, 0) is 55.5 Å². The average Bonchev–Trinajstić information content (AvgIpc) is 3.21. The second-order valence-electron chi connectivity index (χ2n) is 8.71. The third-order valence-corrected chi connectivity index (χ3v) is 6.49. The van der Waals surface area contributed by atoms with Crippen LogP contribution in [0.3, 0.4) is 0 Å². The standard InChI is InChI=1S/C25H30N4O3/c1-3-18-8-10-21(11-9-18)29-16-20(14-22(29)30)25(32)28-13-5-7-19(15-28)24(31)27-23-17(2)6-4-12-26-23/h4,6,8-12,19-20H,3,5,7,13-16H2,1-2H3,(H,26,27,31). The highest BCUT2D eigenvalue weighted by molar-refractivity contribution is 6.00. The molecule has 0 radical (unpaired) electrons. The first-order valence-corrected chi connectivity index (χ1v) is 11.4. The van der Waals surface area contributed by atoms with E-state index in [1.54, 1.807) is 16.0 Å². The maximum atomic E-state index is 13.2. The number of piperidine rings is 1. The van der Waals surface area contributed by atoms with E-state index in [-0.39, 0.29) is 36.0 Å². The third-order valence-electron chi connectivity index (χ3n) is 6.49. The van der Waals surface area contributed by atoms with Crippen molar-refractivity contribution in [2.24, 2.45) is 11.8 Å². The van der Waals surface area contributed by atoms with Crippen molar-refractivity contribution in [3.63, 3.8) is 0 Å². The van der Waals surface area contributed by atoms with Gasteiger partial charge in [-0.15, -0.1) is 0 Å². The van der Waals surface area contributed by atoms with E-state index >= 15 is 0 Å². The van der Waals surface area contributed by atoms with E-state index in [1.165, 1.54) is 5.56 Å². The molecule has 1 aromatic carbocycles. The first-order valence-electron chi connectivity index (χ1n) is 11.4. The molecule has 3 amide bonds. The molecular weight excluding hydrogens is 404 g/mol. The van der Waals surface area contributed by atoms with Crippen LogP contribution < -0.4 is 10.2 Å². The maximum Gasteiger partial charge on any atom is 0.230 e. The zero-order chi connectivity index (χ0) is 22.7. The fourth-order valence-electron chi connectivity index (χ4n) is 4.52. The number of aromatic nitrogens is 1. The summed E-state index contributed by atoms with van der Waals surface area (Å²) < 4.78 is 0. The number of hydrogen-bond acceptors (Lipinski definition) is 4. The number of nitrogens with one attached hydrogen (secondary N) is 1. The fourth-order valence-corrected chi connectivity index (χ4v) is 4.52. The van der Waals surface area contributed by atoms with Crippen LogP contribution in [0.2, 0.25) is 0 Å². The highest BCUT2D eigenvalue weighted by Crippen LogP contribution is 2.28. The van der Waals surface area contributed by atoms with Gasteiger partial charge in [-0.25, -0.2) is 4.98 Å². The Kier molecular flexibility index (Phi) is 6.53. The van der Waals surface area contributed by atoms with Gasteiger partial charge in [0.2, 0.25) is 17.7 Å². The highest BCUT2D eigenvalue weighted by Gasteiger charge is 2.39. The van der Waals surface area contributed by atoms with Crippen LogP contribution in [0.15, 0.2) is 42.6 Å². The number of hydrogen-bond donors (Lipinski definition) is 1. The summed E-state index contributed by atoms with van der Waals surface area (Å²) in [7, 11) is 0. The summed E-state index contributed by atoms with van der Waals surface area (Å²) in [5.41, 5.74) is 2.96. The highest BCUT2D eigenvalue weighted by atomic mass is 16.2. The van der Waals surface area contributed by atoms with Gasteiger partial charge in [0.05, 0.1) is 11.8 Å². The molecule has 2 aromatic rings. The lowest BCUT2D eigenvalue weighted by Gasteiger charge is -2.33. The SMILES string of the molecule is CCc1ccc(N2CC(C(=O)N3CCCC(C(=O)Nc4ncccc4C)C3)CC2=O)cc1. The number of benzene rings is 1. The first kappa shape index (κ1) is 22.0. The Morgan fingerprint density at radius 3 is 2.62 bits per heavy atom. The Bertz CT molecular complexity index is 1000. The number of amides is 3. The molecule has 4 rings (SSSR count). The van der Waals surface area contributed by atoms with Crippen molar-refractivity contribution in [3.8, 4) is 0 Å². The molecule has 32 heavy (non-hydrogen) atoms. The summed E-state index contributed by atoms with van der Waals surface area (Å²) in [5, 5.41) is 2.90. The van der Waals surface area contributed by atoms with E-state index in [2.05, 4.69) is 17.2 Å². The predicted octanol–water partition coefficient (Wildman–Crippen LogP) is 3.18. The van der Waals surface area contributed by atoms with Gasteiger partial charge in [0.1, 0.15) is 5.82 Å². The Morgan fingerprint density at radius 1 is 1.12 bits per heavy atom. The topological polar surface area (TPSA) is 82.6 Å². The summed E-state index contributed by atoms with van der Waals surface area (Å²) in [6.45, 7) is 5.39. The van der Waals surface area contributed by atoms with Crippen LogP contribution >= 0.6 is 0 Å². The average molecular weight is 435 g/mol. The minimum Gasteiger partial charge on any atom is -0.342 e. The predicted molar refractivity (Wildman–Crippen MR) is 123 cm³/mol. The number of aryl methyl sites for hydroxylation is 2. The molecule has 1 N–H and O–H groups in total. The molecule has 0 spiro atoms. The summed E-state index contributed by atoms with van der Waals surface area (Å²) in [6.07, 6.45) is 4.32. The molecule has 2 aliphatic rings. The van der Waals surface area contributed by atoms with Gasteiger partial charge >= 0.3 is 0 Å². The van der Waals surface area contributed by atoms with Gasteiger partial charge in [0, 0.05) is 37.9 Å². The molecule has 168 valence electrons. The van der Waals surface area contributed by atoms with Crippen LogP contribution in [0.4, 0.5) is 11.5 Å². The molecular formula is C25H30N4O3. The second-order valence-corrected chi connectivity index (χ2v) is 8.71. The Hall–Kier alpha value is -3.22. The molecule has 2 fully saturated rings. The first-order chi connectivity index (χ1) is 15.5. The molecule has 3 heterocycles. The van der Waals surface area contributed by atoms with Crippen molar-refractivity contribution < 1.29 is 14.4 Å². The van der Waals surface area contributed by atoms with E-state index in [1.807, 2.05) is 43.3 Å². The Balaban J connectivity index is 1.38. The number of likely N-dealkylation sites (tertiary alicyclic amines) is 1. The van der Waals surface area contributed by atoms with Gasteiger partial charge in [0.25, 0.3) is 0 Å². The van der Waals surface area contributed by atoms with E-state index in [0.717, 1.165) is 30.5 Å². The number of rotatable bonds is 5. The smallest absolute Gasteiger partial charge is 0.230 e. The summed E-state index contributed by atoms with van der Waals surface area (Å²) >= 11 is 0. The van der Waals surface area contributed by atoms with Crippen LogP contribution in [0.25, 0.3) is 0 Å². The number of carbonyl (C=O) groups excluding carboxylic acids is 3. The van der Waals surface area contributed by atoms with E-state index in [4.69, 9.17) is 0 Å². The third kappa shape index (κ3) is 4.66. The monoisotopic (exact) mass is 434 g/mol. The van der Waals surface area contributed by atoms with Gasteiger partial charge in [-0.2, -0.15) is 0 Å². The van der Waals surface area contributed by atoms with E-state index in [9.17, 15) is 14.4 Å². The normalized spacial score (nSPS) is 21.0. The zero-order valence-electron chi connectivity index (χ0n) is 18.7. The minimum absolute atomic E-state index is 0.0236. The molecule has 2 saturated heterocycles. The molecule has 2 aliphatic heterocycles. The van der Waals surface area contributed by atoms with Crippen molar-refractivity contribution >= 4 is 29.2 Å². The largest absolute Gasteiger partial charge is 0.342 e. The molecule has 0 aliphatic carbocycles. The van der Waals surface area contributed by atoms with Crippen molar-refractivity contribution in [2.75, 3.05) is 29.9 Å². The van der Waals surface area contributed by atoms with Crippen LogP contribution in [0.5, 0.6) is 0 Å². The van der Waals surface area contributed by atoms with Gasteiger partial charge in [-0.3, -0.25) is 14.4 Å². The molecule has 0 saturated carbocycles. The lowest BCUT2D eigenvalue weighted by atomic mass is 9.95. The molecule has 7 nitrogen and oxygen atoms in total. The van der Waals surface area contributed by atoms with Gasteiger partial charge < -0.3 is 15.1 Å². The Morgan fingerprint density at radius 2 is 1.91 bits per heavy atom. The number of anilines is 2. The Labute approximate surface area is 188 Å². The molecule has 2 unspecified atom stereocenters. The zero-order valence-corrected chi connectivity index (χ0v) is 18.7. The molecule has 7 heteroatoms. The second kappa shape index (κ2) is 9.51. The molecule has 2 atom stereocenters. The van der Waals surface area contributed by atoms with Crippen LogP contribution in [-0.2, 0) is 20.8 Å². The number of pyridine rings is 1. The van der Waals surface area contributed by atoms with Crippen molar-refractivity contribution in [1.82, 2.24) is 9.88 Å². The van der Waals surface area contributed by atoms with Crippen molar-refractivity contribution in [2.45, 2.75) is 39.5 Å². The van der Waals surface area contributed by atoms with Crippen molar-refractivity contribution in [1.29, 1.82) is 0 Å². The number of nitrogens with zero attached hydrogens (tertiary/aromatic N) is 3. The van der Waals surface area contributed by atoms with E-state index < -0.39 is 0 Å². The van der Waals surface area contributed by atoms with E-state index in [0.29, 0.717) is 25.5 Å². The summed E-state index contributed by atoms with van der Waals surface area (Å²) in [5.74, 6) is -0.240. The van der Waals surface area contributed by atoms with Crippen LogP contribution in [-0.4, -0.2) is 47.2 Å². The lowest BCUT2D eigenvalue weighted by molar-refractivity contribution is -0.138. The van der Waals surface area contributed by atoms with Gasteiger partial charge in [-0.1, -0.05) is 25.1 Å². The molecule has 0 bridgehead atoms. The number of carbonyl (C=O) groups is 3. The van der Waals surface area contributed by atoms with Crippen molar-refractivity contribution in [3.05, 3.63) is 53.7 Å². The van der Waals surface area contributed by atoms with Crippen LogP contribution in [0.1, 0.15) is 37.3 Å².